The highest BCUT2D eigenvalue weighted by Crippen LogP contribution is 2.22. The highest BCUT2D eigenvalue weighted by Gasteiger charge is 2.26. The Morgan fingerprint density at radius 3 is 2.74 bits per heavy atom. The molecule has 1 aromatic carbocycles. The van der Waals surface area contributed by atoms with Gasteiger partial charge < -0.3 is 20.9 Å². The monoisotopic (exact) mass is 264 g/mol. The molecule has 1 aliphatic rings. The van der Waals surface area contributed by atoms with Crippen LogP contribution in [-0.2, 0) is 4.79 Å². The molecule has 0 spiro atoms. The van der Waals surface area contributed by atoms with Crippen molar-refractivity contribution in [1.29, 1.82) is 0 Å². The average molecular weight is 264 g/mol. The lowest BCUT2D eigenvalue weighted by atomic mass is 10.1. The molecular weight excluding hydrogens is 248 g/mol. The lowest BCUT2D eigenvalue weighted by molar-refractivity contribution is -0.127. The number of rotatable bonds is 5. The molecule has 0 saturated heterocycles. The molecule has 2 rings (SSSR count). The van der Waals surface area contributed by atoms with Gasteiger partial charge in [-0.05, 0) is 38.0 Å². The number of benzene rings is 1. The highest BCUT2D eigenvalue weighted by molar-refractivity contribution is 5.94. The molecule has 1 aliphatic carbocycles. The van der Waals surface area contributed by atoms with Gasteiger partial charge in [-0.15, -0.1) is 0 Å². The third-order valence-corrected chi connectivity index (χ3v) is 2.86. The van der Waals surface area contributed by atoms with Crippen LogP contribution in [0.5, 0.6) is 5.75 Å². The van der Waals surface area contributed by atoms with Crippen molar-refractivity contribution in [2.75, 3.05) is 5.73 Å². The number of anilines is 1. The molecule has 0 aliphatic heterocycles. The summed E-state index contributed by atoms with van der Waals surface area (Å²) in [4.78, 5) is 22.6. The molecule has 4 N–H and O–H groups in total. The normalized spacial score (nSPS) is 15.6. The van der Waals surface area contributed by atoms with Gasteiger partial charge in [0.25, 0.3) is 5.91 Å². The standard InChI is InChI=1S/C13H16N2O4/c1-7(12(16)15-8-2-3-8)19-9-4-5-11(14)10(6-9)13(17)18/h4-8H,2-3,14H2,1H3,(H,15,16)(H,17,18). The summed E-state index contributed by atoms with van der Waals surface area (Å²) < 4.78 is 5.42. The molecule has 1 unspecified atom stereocenters. The topological polar surface area (TPSA) is 102 Å². The first kappa shape index (κ1) is 13.2. The summed E-state index contributed by atoms with van der Waals surface area (Å²) in [6.07, 6.45) is 1.33. The number of hydrogen-bond donors (Lipinski definition) is 3. The quantitative estimate of drug-likeness (QED) is 0.689. The van der Waals surface area contributed by atoms with Crippen LogP contribution in [-0.4, -0.2) is 29.1 Å². The number of aromatic carboxylic acids is 1. The molecule has 0 heterocycles. The van der Waals surface area contributed by atoms with Crippen LogP contribution in [0.2, 0.25) is 0 Å². The van der Waals surface area contributed by atoms with Crippen LogP contribution in [0.1, 0.15) is 30.1 Å². The van der Waals surface area contributed by atoms with Crippen LogP contribution in [0.25, 0.3) is 0 Å². The van der Waals surface area contributed by atoms with E-state index in [1.807, 2.05) is 0 Å². The van der Waals surface area contributed by atoms with Crippen LogP contribution in [0.4, 0.5) is 5.69 Å². The molecule has 6 nitrogen and oxygen atoms in total. The van der Waals surface area contributed by atoms with Gasteiger partial charge in [0, 0.05) is 11.7 Å². The van der Waals surface area contributed by atoms with Gasteiger partial charge in [0.05, 0.1) is 5.56 Å². The minimum Gasteiger partial charge on any atom is -0.481 e. The first-order chi connectivity index (χ1) is 8.97. The molecule has 1 saturated carbocycles. The summed E-state index contributed by atoms with van der Waals surface area (Å²) in [7, 11) is 0. The predicted octanol–water partition coefficient (Wildman–Crippen LogP) is 1.01. The maximum atomic E-state index is 11.7. The lowest BCUT2D eigenvalue weighted by Crippen LogP contribution is -2.37. The summed E-state index contributed by atoms with van der Waals surface area (Å²) >= 11 is 0. The molecular formula is C13H16N2O4. The van der Waals surface area contributed by atoms with E-state index in [0.717, 1.165) is 12.8 Å². The Morgan fingerprint density at radius 2 is 2.16 bits per heavy atom. The number of carboxylic acid groups (broad SMARTS) is 1. The summed E-state index contributed by atoms with van der Waals surface area (Å²) in [6.45, 7) is 1.62. The van der Waals surface area contributed by atoms with Gasteiger partial charge in [-0.25, -0.2) is 4.79 Å². The van der Waals surface area contributed by atoms with Crippen molar-refractivity contribution < 1.29 is 19.4 Å². The van der Waals surface area contributed by atoms with E-state index in [4.69, 9.17) is 15.6 Å². The van der Waals surface area contributed by atoms with E-state index in [1.165, 1.54) is 12.1 Å². The second-order valence-corrected chi connectivity index (χ2v) is 4.60. The summed E-state index contributed by atoms with van der Waals surface area (Å²) in [5, 5.41) is 11.8. The Labute approximate surface area is 110 Å². The summed E-state index contributed by atoms with van der Waals surface area (Å²) in [5.74, 6) is -1.01. The third-order valence-electron chi connectivity index (χ3n) is 2.86. The molecule has 1 atom stereocenters. The number of carbonyl (C=O) groups is 2. The summed E-state index contributed by atoms with van der Waals surface area (Å²) in [6, 6.07) is 4.57. The Hall–Kier alpha value is -2.24. The van der Waals surface area contributed by atoms with Gasteiger partial charge in [-0.2, -0.15) is 0 Å². The van der Waals surface area contributed by atoms with E-state index in [-0.39, 0.29) is 23.2 Å². The zero-order valence-electron chi connectivity index (χ0n) is 10.6. The third kappa shape index (κ3) is 3.37. The van der Waals surface area contributed by atoms with E-state index >= 15 is 0 Å². The second kappa shape index (κ2) is 5.17. The van der Waals surface area contributed by atoms with Crippen molar-refractivity contribution in [3.63, 3.8) is 0 Å². The number of ether oxygens (including phenoxy) is 1. The smallest absolute Gasteiger partial charge is 0.337 e. The number of nitrogen functional groups attached to an aromatic ring is 1. The molecule has 1 amide bonds. The van der Waals surface area contributed by atoms with Crippen LogP contribution in [0, 0.1) is 0 Å². The number of carboxylic acids is 1. The molecule has 0 aromatic heterocycles. The number of nitrogens with one attached hydrogen (secondary N) is 1. The Kier molecular flexibility index (Phi) is 3.59. The fourth-order valence-corrected chi connectivity index (χ4v) is 1.60. The van der Waals surface area contributed by atoms with Crippen molar-refractivity contribution in [2.45, 2.75) is 31.9 Å². The van der Waals surface area contributed by atoms with Gasteiger partial charge in [-0.1, -0.05) is 0 Å². The fourth-order valence-electron chi connectivity index (χ4n) is 1.60. The Bertz CT molecular complexity index is 511. The van der Waals surface area contributed by atoms with E-state index in [2.05, 4.69) is 5.32 Å². The molecule has 102 valence electrons. The van der Waals surface area contributed by atoms with Gasteiger partial charge in [-0.3, -0.25) is 4.79 Å². The fraction of sp³-hybridized carbons (Fsp3) is 0.385. The van der Waals surface area contributed by atoms with Crippen molar-refractivity contribution in [1.82, 2.24) is 5.32 Å². The lowest BCUT2D eigenvalue weighted by Gasteiger charge is -2.15. The number of nitrogens with two attached hydrogens (primary N) is 1. The van der Waals surface area contributed by atoms with E-state index in [1.54, 1.807) is 13.0 Å². The maximum Gasteiger partial charge on any atom is 0.337 e. The van der Waals surface area contributed by atoms with Gasteiger partial charge in [0.15, 0.2) is 6.10 Å². The minimum atomic E-state index is -1.13. The van der Waals surface area contributed by atoms with E-state index in [0.29, 0.717) is 5.75 Å². The maximum absolute atomic E-state index is 11.7. The Morgan fingerprint density at radius 1 is 1.47 bits per heavy atom. The molecule has 0 radical (unpaired) electrons. The Balaban J connectivity index is 2.03. The minimum absolute atomic E-state index is 0.0349. The summed E-state index contributed by atoms with van der Waals surface area (Å²) in [5.41, 5.74) is 5.67. The first-order valence-electron chi connectivity index (χ1n) is 6.07. The van der Waals surface area contributed by atoms with Gasteiger partial charge in [0.1, 0.15) is 5.75 Å². The van der Waals surface area contributed by atoms with Crippen LogP contribution < -0.4 is 15.8 Å². The van der Waals surface area contributed by atoms with E-state index in [9.17, 15) is 9.59 Å². The van der Waals surface area contributed by atoms with Crippen LogP contribution >= 0.6 is 0 Å². The van der Waals surface area contributed by atoms with Crippen LogP contribution in [0.3, 0.4) is 0 Å². The number of amides is 1. The van der Waals surface area contributed by atoms with Crippen LogP contribution in [0.15, 0.2) is 18.2 Å². The SMILES string of the molecule is CC(Oc1ccc(N)c(C(=O)O)c1)C(=O)NC1CC1. The largest absolute Gasteiger partial charge is 0.481 e. The molecule has 0 bridgehead atoms. The number of hydrogen-bond acceptors (Lipinski definition) is 4. The van der Waals surface area contributed by atoms with E-state index < -0.39 is 12.1 Å². The van der Waals surface area contributed by atoms with Crippen molar-refractivity contribution in [2.24, 2.45) is 0 Å². The predicted molar refractivity (Wildman–Crippen MR) is 69.1 cm³/mol. The first-order valence-corrected chi connectivity index (χ1v) is 6.07. The van der Waals surface area contributed by atoms with Crippen molar-refractivity contribution >= 4 is 17.6 Å². The molecule has 6 heteroatoms. The highest BCUT2D eigenvalue weighted by atomic mass is 16.5. The van der Waals surface area contributed by atoms with Crippen molar-refractivity contribution in [3.8, 4) is 5.75 Å². The molecule has 1 fully saturated rings. The zero-order chi connectivity index (χ0) is 14.0. The van der Waals surface area contributed by atoms with Gasteiger partial charge in [0.2, 0.25) is 0 Å². The molecule has 1 aromatic rings. The van der Waals surface area contributed by atoms with Crippen molar-refractivity contribution in [3.05, 3.63) is 23.8 Å². The zero-order valence-corrected chi connectivity index (χ0v) is 10.6. The second-order valence-electron chi connectivity index (χ2n) is 4.60. The average Bonchev–Trinajstić information content (AvgIpc) is 3.15. The molecule has 19 heavy (non-hydrogen) atoms. The van der Waals surface area contributed by atoms with Gasteiger partial charge >= 0.3 is 5.97 Å². The number of carbonyl (C=O) groups excluding carboxylic acids is 1.